The van der Waals surface area contributed by atoms with E-state index in [1.54, 1.807) is 12.1 Å². The minimum absolute atomic E-state index is 0.0892. The van der Waals surface area contributed by atoms with Gasteiger partial charge in [-0.25, -0.2) is 4.98 Å². The van der Waals surface area contributed by atoms with Crippen molar-refractivity contribution in [2.45, 2.75) is 26.1 Å². The third-order valence-electron chi connectivity index (χ3n) is 3.93. The summed E-state index contributed by atoms with van der Waals surface area (Å²) in [4.78, 5) is 28.7. The van der Waals surface area contributed by atoms with E-state index in [1.165, 1.54) is 11.3 Å². The number of nitrogens with zero attached hydrogens (tertiary/aromatic N) is 2. The van der Waals surface area contributed by atoms with Crippen LogP contribution in [0.4, 0.5) is 13.2 Å². The minimum atomic E-state index is -4.47. The third kappa shape index (κ3) is 4.43. The summed E-state index contributed by atoms with van der Waals surface area (Å²) in [6.07, 6.45) is -4.69. The normalized spacial score (nSPS) is 17.8. The van der Waals surface area contributed by atoms with Gasteiger partial charge in [0.25, 0.3) is 0 Å². The maximum Gasteiger partial charge on any atom is 0.406 e. The Morgan fingerprint density at radius 3 is 2.88 bits per heavy atom. The Labute approximate surface area is 151 Å². The quantitative estimate of drug-likeness (QED) is 0.856. The van der Waals surface area contributed by atoms with Crippen molar-refractivity contribution in [1.82, 2.24) is 15.2 Å². The van der Waals surface area contributed by atoms with Crippen LogP contribution in [0.25, 0.3) is 11.5 Å². The number of alkyl halides is 3. The van der Waals surface area contributed by atoms with Gasteiger partial charge in [0, 0.05) is 18.3 Å². The van der Waals surface area contributed by atoms with Crippen LogP contribution in [0.5, 0.6) is 0 Å². The molecule has 1 unspecified atom stereocenters. The molecule has 0 radical (unpaired) electrons. The molecule has 2 amide bonds. The number of amides is 2. The molecule has 0 spiro atoms. The maximum atomic E-state index is 12.4. The Morgan fingerprint density at radius 1 is 1.46 bits per heavy atom. The summed E-state index contributed by atoms with van der Waals surface area (Å²) in [5.41, 5.74) is 0.703. The van der Waals surface area contributed by atoms with Crippen LogP contribution >= 0.6 is 11.3 Å². The molecule has 0 bridgehead atoms. The van der Waals surface area contributed by atoms with Crippen molar-refractivity contribution in [2.75, 3.05) is 13.1 Å². The van der Waals surface area contributed by atoms with E-state index in [0.29, 0.717) is 22.1 Å². The van der Waals surface area contributed by atoms with E-state index in [9.17, 15) is 22.8 Å². The molecule has 1 aliphatic heterocycles. The van der Waals surface area contributed by atoms with E-state index in [0.717, 1.165) is 5.01 Å². The first-order chi connectivity index (χ1) is 12.2. The first-order valence-electron chi connectivity index (χ1n) is 7.85. The molecule has 1 aliphatic rings. The number of thiazole rings is 1. The van der Waals surface area contributed by atoms with Crippen molar-refractivity contribution in [3.63, 3.8) is 0 Å². The van der Waals surface area contributed by atoms with Crippen molar-refractivity contribution >= 4 is 23.2 Å². The number of likely N-dealkylation sites (tertiary alicyclic amines) is 1. The molecule has 2 aromatic rings. The molecule has 3 rings (SSSR count). The first kappa shape index (κ1) is 18.4. The summed E-state index contributed by atoms with van der Waals surface area (Å²) < 4.78 is 42.8. The van der Waals surface area contributed by atoms with Gasteiger partial charge in [-0.1, -0.05) is 0 Å². The highest BCUT2D eigenvalue weighted by molar-refractivity contribution is 7.09. The fourth-order valence-electron chi connectivity index (χ4n) is 2.72. The summed E-state index contributed by atoms with van der Waals surface area (Å²) in [6.45, 7) is 0.408. The second-order valence-corrected chi connectivity index (χ2v) is 7.09. The molecule has 26 heavy (non-hydrogen) atoms. The summed E-state index contributed by atoms with van der Waals surface area (Å²) >= 11 is 1.49. The van der Waals surface area contributed by atoms with Crippen LogP contribution in [0, 0.1) is 12.8 Å². The Bertz CT molecular complexity index is 815. The van der Waals surface area contributed by atoms with Gasteiger partial charge >= 0.3 is 6.18 Å². The summed E-state index contributed by atoms with van der Waals surface area (Å²) in [7, 11) is 0. The number of nitrogens with one attached hydrogen (secondary N) is 1. The van der Waals surface area contributed by atoms with Gasteiger partial charge in [0.1, 0.15) is 18.0 Å². The predicted octanol–water partition coefficient (Wildman–Crippen LogP) is 2.74. The molecule has 10 heteroatoms. The number of aromatic nitrogens is 1. The van der Waals surface area contributed by atoms with E-state index in [1.807, 2.05) is 12.3 Å². The highest BCUT2D eigenvalue weighted by Crippen LogP contribution is 2.25. The number of hydrogen-bond acceptors (Lipinski definition) is 5. The average Bonchev–Trinajstić information content (AvgIpc) is 3.25. The Kier molecular flexibility index (Phi) is 5.03. The van der Waals surface area contributed by atoms with E-state index >= 15 is 0 Å². The average molecular weight is 387 g/mol. The van der Waals surface area contributed by atoms with Gasteiger partial charge in [-0.15, -0.1) is 11.3 Å². The number of aryl methyl sites for hydroxylation is 1. The fourth-order valence-corrected chi connectivity index (χ4v) is 3.32. The van der Waals surface area contributed by atoms with Crippen LogP contribution in [0.1, 0.15) is 17.2 Å². The molecule has 2 aromatic heterocycles. The number of carbonyl (C=O) groups excluding carboxylic acids is 2. The topological polar surface area (TPSA) is 75.4 Å². The van der Waals surface area contributed by atoms with Crippen LogP contribution in [-0.2, 0) is 16.1 Å². The molecule has 1 saturated heterocycles. The van der Waals surface area contributed by atoms with Crippen molar-refractivity contribution in [3.05, 3.63) is 28.3 Å². The predicted molar refractivity (Wildman–Crippen MR) is 87.1 cm³/mol. The summed E-state index contributed by atoms with van der Waals surface area (Å²) in [5, 5.41) is 5.36. The third-order valence-corrected chi connectivity index (χ3v) is 4.70. The van der Waals surface area contributed by atoms with E-state index in [2.05, 4.69) is 10.3 Å². The number of rotatable bonds is 5. The minimum Gasteiger partial charge on any atom is -0.458 e. The van der Waals surface area contributed by atoms with Crippen molar-refractivity contribution in [1.29, 1.82) is 0 Å². The van der Waals surface area contributed by atoms with Gasteiger partial charge < -0.3 is 14.6 Å². The second kappa shape index (κ2) is 7.10. The molecular formula is C16H16F3N3O3S. The molecule has 1 fully saturated rings. The van der Waals surface area contributed by atoms with Crippen molar-refractivity contribution < 1.29 is 27.2 Å². The molecule has 1 N–H and O–H groups in total. The van der Waals surface area contributed by atoms with Gasteiger partial charge in [-0.3, -0.25) is 9.59 Å². The zero-order valence-electron chi connectivity index (χ0n) is 13.8. The van der Waals surface area contributed by atoms with Gasteiger partial charge in [0.2, 0.25) is 11.8 Å². The van der Waals surface area contributed by atoms with Crippen LogP contribution in [-0.4, -0.2) is 41.0 Å². The van der Waals surface area contributed by atoms with Gasteiger partial charge in [0.15, 0.2) is 5.76 Å². The number of furan rings is 1. The number of carbonyl (C=O) groups is 2. The summed E-state index contributed by atoms with van der Waals surface area (Å²) in [6, 6.07) is 3.43. The zero-order chi connectivity index (χ0) is 18.9. The van der Waals surface area contributed by atoms with Crippen LogP contribution < -0.4 is 5.32 Å². The molecule has 0 aromatic carbocycles. The molecule has 0 aliphatic carbocycles. The summed E-state index contributed by atoms with van der Waals surface area (Å²) in [5.74, 6) is -0.853. The molecule has 140 valence electrons. The van der Waals surface area contributed by atoms with E-state index < -0.39 is 30.5 Å². The Hall–Kier alpha value is -2.36. The molecular weight excluding hydrogens is 371 g/mol. The molecule has 6 nitrogen and oxygen atoms in total. The smallest absolute Gasteiger partial charge is 0.406 e. The highest BCUT2D eigenvalue weighted by atomic mass is 32.1. The van der Waals surface area contributed by atoms with Crippen LogP contribution in [0.2, 0.25) is 0 Å². The Morgan fingerprint density at radius 2 is 2.23 bits per heavy atom. The lowest BCUT2D eigenvalue weighted by Gasteiger charge is -2.18. The van der Waals surface area contributed by atoms with Crippen LogP contribution in [0.3, 0.4) is 0 Å². The SMILES string of the molecule is Cc1nc(-c2ccc(CNC(=O)C3CC(=O)N(CC(F)(F)F)C3)o2)cs1. The molecule has 1 atom stereocenters. The first-order valence-corrected chi connectivity index (χ1v) is 8.72. The second-order valence-electron chi connectivity index (χ2n) is 6.03. The molecule has 3 heterocycles. The van der Waals surface area contributed by atoms with Crippen molar-refractivity contribution in [2.24, 2.45) is 5.92 Å². The highest BCUT2D eigenvalue weighted by Gasteiger charge is 2.40. The lowest BCUT2D eigenvalue weighted by Crippen LogP contribution is -2.37. The standard InChI is InChI=1S/C16H16F3N3O3S/c1-9-21-12(7-26-9)13-3-2-11(25-13)5-20-15(24)10-4-14(23)22(6-10)8-16(17,18)19/h2-3,7,10H,4-6,8H2,1H3,(H,20,24). The van der Waals surface area contributed by atoms with Crippen LogP contribution in [0.15, 0.2) is 21.9 Å². The fraction of sp³-hybridized carbons (Fsp3) is 0.438. The maximum absolute atomic E-state index is 12.4. The monoisotopic (exact) mass is 387 g/mol. The lowest BCUT2D eigenvalue weighted by atomic mass is 10.1. The van der Waals surface area contributed by atoms with Gasteiger partial charge in [-0.2, -0.15) is 13.2 Å². The largest absolute Gasteiger partial charge is 0.458 e. The zero-order valence-corrected chi connectivity index (χ0v) is 14.6. The van der Waals surface area contributed by atoms with Gasteiger partial charge in [-0.05, 0) is 19.1 Å². The van der Waals surface area contributed by atoms with E-state index in [-0.39, 0.29) is 19.5 Å². The van der Waals surface area contributed by atoms with E-state index in [4.69, 9.17) is 4.42 Å². The number of hydrogen-bond donors (Lipinski definition) is 1. The number of halogens is 3. The Balaban J connectivity index is 1.53. The van der Waals surface area contributed by atoms with Gasteiger partial charge in [0.05, 0.1) is 17.5 Å². The molecule has 0 saturated carbocycles. The van der Waals surface area contributed by atoms with Crippen molar-refractivity contribution in [3.8, 4) is 11.5 Å². The lowest BCUT2D eigenvalue weighted by molar-refractivity contribution is -0.157.